The Balaban J connectivity index is 2.42. The molecule has 0 aliphatic rings. The molecule has 0 amide bonds. The summed E-state index contributed by atoms with van der Waals surface area (Å²) in [6.07, 6.45) is 0.803. The molecule has 0 heterocycles. The minimum atomic E-state index is -0.460. The fourth-order valence-electron chi connectivity index (χ4n) is 1.40. The molecule has 0 fully saturated rings. The van der Waals surface area contributed by atoms with Gasteiger partial charge in [0.1, 0.15) is 0 Å². The Bertz CT molecular complexity index is 377. The Morgan fingerprint density at radius 2 is 2.22 bits per heavy atom. The van der Waals surface area contributed by atoms with Gasteiger partial charge in [-0.1, -0.05) is 0 Å². The molecule has 0 bridgehead atoms. The van der Waals surface area contributed by atoms with Gasteiger partial charge in [-0.15, -0.1) is 0 Å². The average molecular weight is 274 g/mol. The van der Waals surface area contributed by atoms with Crippen LogP contribution in [0.2, 0.25) is 0 Å². The normalized spacial score (nSPS) is 10.4. The van der Waals surface area contributed by atoms with Crippen molar-refractivity contribution >= 4 is 23.1 Å². The first-order chi connectivity index (χ1) is 8.69. The number of benzene rings is 1. The standard InChI is InChI=1S/C12H19FN2O2S/c1-17-12-8-11(10(14)7-9(12)13)15-3-6-18-5-2-4-16/h7-8,15-16H,2-6,14H2,1H3. The molecule has 0 atom stereocenters. The number of nitrogen functional groups attached to an aromatic ring is 1. The van der Waals surface area contributed by atoms with Crippen molar-refractivity contribution in [1.29, 1.82) is 0 Å². The summed E-state index contributed by atoms with van der Waals surface area (Å²) in [6, 6.07) is 2.81. The molecular formula is C12H19FN2O2S. The highest BCUT2D eigenvalue weighted by Crippen LogP contribution is 2.27. The van der Waals surface area contributed by atoms with Crippen LogP contribution in [-0.2, 0) is 0 Å². The molecule has 0 aromatic heterocycles. The quantitative estimate of drug-likeness (QED) is 0.499. The molecule has 0 unspecified atom stereocenters. The first-order valence-electron chi connectivity index (χ1n) is 5.74. The van der Waals surface area contributed by atoms with Gasteiger partial charge in [-0.25, -0.2) is 4.39 Å². The van der Waals surface area contributed by atoms with E-state index in [-0.39, 0.29) is 12.4 Å². The van der Waals surface area contributed by atoms with Crippen molar-refractivity contribution in [3.63, 3.8) is 0 Å². The highest BCUT2D eigenvalue weighted by Gasteiger charge is 2.07. The highest BCUT2D eigenvalue weighted by atomic mass is 32.2. The lowest BCUT2D eigenvalue weighted by Gasteiger charge is -2.11. The molecule has 0 aliphatic carbocycles. The van der Waals surface area contributed by atoms with Crippen molar-refractivity contribution in [1.82, 2.24) is 0 Å². The van der Waals surface area contributed by atoms with Crippen LogP contribution in [0.25, 0.3) is 0 Å². The minimum absolute atomic E-state index is 0.180. The zero-order valence-corrected chi connectivity index (χ0v) is 11.2. The van der Waals surface area contributed by atoms with E-state index < -0.39 is 5.82 Å². The number of nitrogens with one attached hydrogen (secondary N) is 1. The van der Waals surface area contributed by atoms with E-state index in [1.807, 2.05) is 0 Å². The van der Waals surface area contributed by atoms with Crippen LogP contribution < -0.4 is 15.8 Å². The summed E-state index contributed by atoms with van der Waals surface area (Å²) in [4.78, 5) is 0. The van der Waals surface area contributed by atoms with Crippen molar-refractivity contribution in [3.8, 4) is 5.75 Å². The van der Waals surface area contributed by atoms with Crippen molar-refractivity contribution in [2.24, 2.45) is 0 Å². The Morgan fingerprint density at radius 1 is 1.44 bits per heavy atom. The molecule has 4 N–H and O–H groups in total. The molecule has 1 rings (SSSR count). The maximum Gasteiger partial charge on any atom is 0.167 e. The third-order valence-corrected chi connectivity index (χ3v) is 3.40. The summed E-state index contributed by atoms with van der Waals surface area (Å²) in [7, 11) is 1.42. The van der Waals surface area contributed by atoms with E-state index in [1.165, 1.54) is 13.2 Å². The van der Waals surface area contributed by atoms with Crippen molar-refractivity contribution in [2.75, 3.05) is 42.8 Å². The summed E-state index contributed by atoms with van der Waals surface area (Å²) in [6.45, 7) is 0.956. The minimum Gasteiger partial charge on any atom is -0.494 e. The summed E-state index contributed by atoms with van der Waals surface area (Å²) in [5, 5.41) is 11.8. The van der Waals surface area contributed by atoms with Gasteiger partial charge in [0.2, 0.25) is 0 Å². The van der Waals surface area contributed by atoms with E-state index in [4.69, 9.17) is 15.6 Å². The number of ether oxygens (including phenoxy) is 1. The summed E-state index contributed by atoms with van der Waals surface area (Å²) in [5.74, 6) is 1.55. The molecule has 1 aromatic rings. The Labute approximate surface area is 111 Å². The molecule has 0 radical (unpaired) electrons. The van der Waals surface area contributed by atoms with E-state index in [2.05, 4.69) is 5.32 Å². The summed E-state index contributed by atoms with van der Waals surface area (Å²) >= 11 is 1.75. The molecule has 0 aliphatic heterocycles. The molecule has 0 saturated carbocycles. The van der Waals surface area contributed by atoms with Crippen LogP contribution in [0.3, 0.4) is 0 Å². The Morgan fingerprint density at radius 3 is 2.89 bits per heavy atom. The summed E-state index contributed by atoms with van der Waals surface area (Å²) < 4.78 is 18.2. The van der Waals surface area contributed by atoms with E-state index >= 15 is 0 Å². The van der Waals surface area contributed by atoms with Crippen molar-refractivity contribution in [2.45, 2.75) is 6.42 Å². The molecule has 1 aromatic carbocycles. The molecular weight excluding hydrogens is 255 g/mol. The fourth-order valence-corrected chi connectivity index (χ4v) is 2.19. The van der Waals surface area contributed by atoms with Crippen molar-refractivity contribution in [3.05, 3.63) is 17.9 Å². The van der Waals surface area contributed by atoms with E-state index in [9.17, 15) is 4.39 Å². The van der Waals surface area contributed by atoms with Crippen LogP contribution in [0.5, 0.6) is 5.75 Å². The molecule has 0 saturated heterocycles. The second-order valence-corrected chi connectivity index (χ2v) is 4.92. The lowest BCUT2D eigenvalue weighted by molar-refractivity contribution is 0.296. The molecule has 6 heteroatoms. The number of methoxy groups -OCH3 is 1. The van der Waals surface area contributed by atoms with Gasteiger partial charge in [0.05, 0.1) is 18.5 Å². The van der Waals surface area contributed by atoms with Gasteiger partial charge in [-0.2, -0.15) is 11.8 Å². The van der Waals surface area contributed by atoms with Gasteiger partial charge >= 0.3 is 0 Å². The summed E-state index contributed by atoms with van der Waals surface area (Å²) in [5.41, 5.74) is 6.76. The first kappa shape index (κ1) is 14.9. The van der Waals surface area contributed by atoms with Gasteiger partial charge in [-0.3, -0.25) is 0 Å². The number of hydrogen-bond donors (Lipinski definition) is 3. The largest absolute Gasteiger partial charge is 0.494 e. The lowest BCUT2D eigenvalue weighted by atomic mass is 10.2. The van der Waals surface area contributed by atoms with Gasteiger partial charge in [0, 0.05) is 31.0 Å². The number of rotatable bonds is 8. The number of aliphatic hydroxyl groups is 1. The van der Waals surface area contributed by atoms with Gasteiger partial charge in [0.25, 0.3) is 0 Å². The van der Waals surface area contributed by atoms with E-state index in [0.29, 0.717) is 11.4 Å². The second kappa shape index (κ2) is 8.05. The van der Waals surface area contributed by atoms with Gasteiger partial charge < -0.3 is 20.9 Å². The lowest BCUT2D eigenvalue weighted by Crippen LogP contribution is -2.07. The number of anilines is 2. The van der Waals surface area contributed by atoms with Crippen LogP contribution in [0.4, 0.5) is 15.8 Å². The van der Waals surface area contributed by atoms with E-state index in [0.717, 1.165) is 24.5 Å². The molecule has 102 valence electrons. The molecule has 18 heavy (non-hydrogen) atoms. The van der Waals surface area contributed by atoms with Crippen LogP contribution in [0.1, 0.15) is 6.42 Å². The van der Waals surface area contributed by atoms with Crippen LogP contribution in [-0.4, -0.2) is 36.9 Å². The zero-order valence-electron chi connectivity index (χ0n) is 10.4. The Hall–Kier alpha value is -1.14. The maximum absolute atomic E-state index is 13.3. The monoisotopic (exact) mass is 274 g/mol. The first-order valence-corrected chi connectivity index (χ1v) is 6.90. The average Bonchev–Trinajstić information content (AvgIpc) is 2.36. The van der Waals surface area contributed by atoms with Crippen LogP contribution in [0, 0.1) is 5.82 Å². The third-order valence-electron chi connectivity index (χ3n) is 2.33. The number of halogens is 1. The zero-order chi connectivity index (χ0) is 13.4. The number of thioether (sulfide) groups is 1. The predicted molar refractivity (Wildman–Crippen MR) is 74.9 cm³/mol. The van der Waals surface area contributed by atoms with Gasteiger partial charge in [0.15, 0.2) is 11.6 Å². The van der Waals surface area contributed by atoms with Crippen LogP contribution in [0.15, 0.2) is 12.1 Å². The van der Waals surface area contributed by atoms with Crippen LogP contribution >= 0.6 is 11.8 Å². The number of aliphatic hydroxyl groups excluding tert-OH is 1. The highest BCUT2D eigenvalue weighted by molar-refractivity contribution is 7.99. The number of nitrogens with two attached hydrogens (primary N) is 1. The number of hydrogen-bond acceptors (Lipinski definition) is 5. The topological polar surface area (TPSA) is 67.5 Å². The third kappa shape index (κ3) is 4.62. The van der Waals surface area contributed by atoms with Crippen molar-refractivity contribution < 1.29 is 14.2 Å². The second-order valence-electron chi connectivity index (χ2n) is 3.69. The molecule has 0 spiro atoms. The smallest absolute Gasteiger partial charge is 0.167 e. The predicted octanol–water partition coefficient (Wildman–Crippen LogP) is 1.94. The SMILES string of the molecule is COc1cc(NCCSCCCO)c(N)cc1F. The van der Waals surface area contributed by atoms with E-state index in [1.54, 1.807) is 17.8 Å². The fraction of sp³-hybridized carbons (Fsp3) is 0.500. The molecule has 4 nitrogen and oxygen atoms in total. The maximum atomic E-state index is 13.3. The Kier molecular flexibility index (Phi) is 6.67. The van der Waals surface area contributed by atoms with Gasteiger partial charge in [-0.05, 0) is 12.2 Å².